The second-order valence-electron chi connectivity index (χ2n) is 5.59. The van der Waals surface area contributed by atoms with Crippen LogP contribution in [0.25, 0.3) is 11.0 Å². The summed E-state index contributed by atoms with van der Waals surface area (Å²) in [6.45, 7) is 8.56. The molecule has 0 saturated carbocycles. The average molecular weight is 260 g/mol. The molecule has 0 amide bonds. The molecule has 1 N–H and O–H groups in total. The van der Waals surface area contributed by atoms with Crippen LogP contribution in [0.15, 0.2) is 34.9 Å². The summed E-state index contributed by atoms with van der Waals surface area (Å²) in [5.41, 5.74) is 2.24. The van der Waals surface area contributed by atoms with Gasteiger partial charge in [-0.15, -0.1) is 0 Å². The van der Waals surface area contributed by atoms with Crippen molar-refractivity contribution in [3.8, 4) is 0 Å². The smallest absolute Gasteiger partial charge is 0.134 e. The molecule has 1 aromatic heterocycles. The lowest BCUT2D eigenvalue weighted by atomic mass is 10.1. The predicted octanol–water partition coefficient (Wildman–Crippen LogP) is 3.11. The average Bonchev–Trinajstić information content (AvgIpc) is 2.78. The minimum absolute atomic E-state index is 0.711. The van der Waals surface area contributed by atoms with Crippen LogP contribution in [0.3, 0.4) is 0 Å². The van der Waals surface area contributed by atoms with Crippen molar-refractivity contribution in [3.05, 3.63) is 36.1 Å². The Labute approximate surface area is 115 Å². The van der Waals surface area contributed by atoms with Gasteiger partial charge in [0.1, 0.15) is 5.58 Å². The molecule has 0 fully saturated rings. The van der Waals surface area contributed by atoms with Crippen molar-refractivity contribution in [1.82, 2.24) is 10.2 Å². The first kappa shape index (κ1) is 14.1. The highest BCUT2D eigenvalue weighted by Gasteiger charge is 2.07. The van der Waals surface area contributed by atoms with E-state index in [4.69, 9.17) is 4.42 Å². The van der Waals surface area contributed by atoms with E-state index in [1.807, 2.05) is 18.4 Å². The summed E-state index contributed by atoms with van der Waals surface area (Å²) < 4.78 is 5.56. The first-order valence-electron chi connectivity index (χ1n) is 7.01. The van der Waals surface area contributed by atoms with E-state index in [1.165, 1.54) is 10.9 Å². The van der Waals surface area contributed by atoms with E-state index in [1.54, 1.807) is 0 Å². The highest BCUT2D eigenvalue weighted by Crippen LogP contribution is 2.21. The third-order valence-electron chi connectivity index (χ3n) is 3.22. The van der Waals surface area contributed by atoms with Gasteiger partial charge in [0.25, 0.3) is 0 Å². The fourth-order valence-corrected chi connectivity index (χ4v) is 2.19. The quantitative estimate of drug-likeness (QED) is 0.775. The number of hydrogen-bond acceptors (Lipinski definition) is 3. The third kappa shape index (κ3) is 4.08. The number of para-hydroxylation sites is 1. The van der Waals surface area contributed by atoms with Gasteiger partial charge in [0.2, 0.25) is 0 Å². The van der Waals surface area contributed by atoms with Gasteiger partial charge in [0.05, 0.1) is 6.26 Å². The maximum atomic E-state index is 5.56. The molecule has 0 spiro atoms. The highest BCUT2D eigenvalue weighted by atomic mass is 16.3. The minimum atomic E-state index is 0.711. The molecule has 0 aliphatic carbocycles. The zero-order valence-corrected chi connectivity index (χ0v) is 12.1. The fourth-order valence-electron chi connectivity index (χ4n) is 2.19. The number of rotatable bonds is 7. The number of likely N-dealkylation sites (N-methyl/N-ethyl adjacent to an activating group) is 1. The number of nitrogens with zero attached hydrogens (tertiary/aromatic N) is 1. The molecule has 3 heteroatoms. The van der Waals surface area contributed by atoms with Crippen LogP contribution in [-0.2, 0) is 6.54 Å². The molecule has 3 nitrogen and oxygen atoms in total. The van der Waals surface area contributed by atoms with Crippen LogP contribution < -0.4 is 5.32 Å². The van der Waals surface area contributed by atoms with Gasteiger partial charge < -0.3 is 14.6 Å². The molecule has 1 heterocycles. The van der Waals surface area contributed by atoms with Crippen LogP contribution in [0.2, 0.25) is 0 Å². The minimum Gasteiger partial charge on any atom is -0.464 e. The molecule has 0 aliphatic heterocycles. The van der Waals surface area contributed by atoms with Crippen molar-refractivity contribution in [2.75, 3.05) is 26.7 Å². The molecule has 1 aromatic carbocycles. The number of benzene rings is 1. The second-order valence-corrected chi connectivity index (χ2v) is 5.59. The predicted molar refractivity (Wildman–Crippen MR) is 80.3 cm³/mol. The van der Waals surface area contributed by atoms with Crippen LogP contribution in [0.4, 0.5) is 0 Å². The molecule has 0 atom stereocenters. The van der Waals surface area contributed by atoms with Crippen LogP contribution in [0.5, 0.6) is 0 Å². The fraction of sp³-hybridized carbons (Fsp3) is 0.500. The summed E-state index contributed by atoms with van der Waals surface area (Å²) in [6, 6.07) is 8.21. The molecule has 2 aromatic rings. The number of furan rings is 1. The Balaban J connectivity index is 1.83. The Morgan fingerprint density at radius 1 is 1.26 bits per heavy atom. The first-order valence-corrected chi connectivity index (χ1v) is 7.01. The van der Waals surface area contributed by atoms with Crippen molar-refractivity contribution in [1.29, 1.82) is 0 Å². The van der Waals surface area contributed by atoms with Gasteiger partial charge in [-0.2, -0.15) is 0 Å². The van der Waals surface area contributed by atoms with Gasteiger partial charge in [-0.05, 0) is 25.6 Å². The zero-order chi connectivity index (χ0) is 13.7. The zero-order valence-electron chi connectivity index (χ0n) is 12.1. The summed E-state index contributed by atoms with van der Waals surface area (Å²) in [5.74, 6) is 0.711. The number of fused-ring (bicyclic) bond motifs is 1. The van der Waals surface area contributed by atoms with Crippen molar-refractivity contribution in [2.45, 2.75) is 20.4 Å². The highest BCUT2D eigenvalue weighted by molar-refractivity contribution is 5.80. The maximum Gasteiger partial charge on any atom is 0.134 e. The lowest BCUT2D eigenvalue weighted by Gasteiger charge is -2.16. The largest absolute Gasteiger partial charge is 0.464 e. The van der Waals surface area contributed by atoms with E-state index in [0.29, 0.717) is 5.92 Å². The SMILES string of the molecule is CC(C)CNCCN(C)Cc1coc2ccccc12. The van der Waals surface area contributed by atoms with Gasteiger partial charge in [0.15, 0.2) is 0 Å². The summed E-state index contributed by atoms with van der Waals surface area (Å²) >= 11 is 0. The van der Waals surface area contributed by atoms with Crippen LogP contribution in [0, 0.1) is 5.92 Å². The number of nitrogens with one attached hydrogen (secondary N) is 1. The van der Waals surface area contributed by atoms with E-state index in [9.17, 15) is 0 Å². The van der Waals surface area contributed by atoms with E-state index in [2.05, 4.69) is 43.2 Å². The van der Waals surface area contributed by atoms with Gasteiger partial charge in [-0.3, -0.25) is 0 Å². The van der Waals surface area contributed by atoms with Gasteiger partial charge >= 0.3 is 0 Å². The normalized spacial score (nSPS) is 11.8. The van der Waals surface area contributed by atoms with Gasteiger partial charge in [-0.1, -0.05) is 32.0 Å². The van der Waals surface area contributed by atoms with E-state index in [-0.39, 0.29) is 0 Å². The molecule has 0 bridgehead atoms. The Morgan fingerprint density at radius 2 is 2.05 bits per heavy atom. The summed E-state index contributed by atoms with van der Waals surface area (Å²) in [6.07, 6.45) is 1.88. The van der Waals surface area contributed by atoms with Crippen LogP contribution in [-0.4, -0.2) is 31.6 Å². The Bertz CT molecular complexity index is 504. The lowest BCUT2D eigenvalue weighted by molar-refractivity contribution is 0.321. The summed E-state index contributed by atoms with van der Waals surface area (Å²) in [4.78, 5) is 2.32. The van der Waals surface area contributed by atoms with Crippen molar-refractivity contribution in [2.24, 2.45) is 5.92 Å². The van der Waals surface area contributed by atoms with E-state index >= 15 is 0 Å². The topological polar surface area (TPSA) is 28.4 Å². The van der Waals surface area contributed by atoms with Crippen LogP contribution in [0.1, 0.15) is 19.4 Å². The molecule has 0 radical (unpaired) electrons. The summed E-state index contributed by atoms with van der Waals surface area (Å²) in [7, 11) is 2.15. The third-order valence-corrected chi connectivity index (χ3v) is 3.22. The standard InChI is InChI=1S/C16H24N2O/c1-13(2)10-17-8-9-18(3)11-14-12-19-16-7-5-4-6-15(14)16/h4-7,12-13,17H,8-11H2,1-3H3. The summed E-state index contributed by atoms with van der Waals surface area (Å²) in [5, 5.41) is 4.69. The van der Waals surface area contributed by atoms with Crippen molar-refractivity contribution < 1.29 is 4.42 Å². The molecule has 0 saturated heterocycles. The molecule has 0 unspecified atom stereocenters. The molecule has 19 heavy (non-hydrogen) atoms. The van der Waals surface area contributed by atoms with Gasteiger partial charge in [-0.25, -0.2) is 0 Å². The molecular weight excluding hydrogens is 236 g/mol. The Morgan fingerprint density at radius 3 is 2.84 bits per heavy atom. The lowest BCUT2D eigenvalue weighted by Crippen LogP contribution is -2.30. The van der Waals surface area contributed by atoms with Crippen molar-refractivity contribution >= 4 is 11.0 Å². The Kier molecular flexibility index (Phi) is 5.00. The monoisotopic (exact) mass is 260 g/mol. The molecule has 104 valence electrons. The first-order chi connectivity index (χ1) is 9.16. The Hall–Kier alpha value is -1.32. The number of hydrogen-bond donors (Lipinski definition) is 1. The molecular formula is C16H24N2O. The maximum absolute atomic E-state index is 5.56. The molecule has 2 rings (SSSR count). The van der Waals surface area contributed by atoms with E-state index < -0.39 is 0 Å². The molecule has 0 aliphatic rings. The van der Waals surface area contributed by atoms with Crippen LogP contribution >= 0.6 is 0 Å². The second kappa shape index (κ2) is 6.73. The van der Waals surface area contributed by atoms with Gasteiger partial charge in [0, 0.05) is 30.6 Å². The van der Waals surface area contributed by atoms with E-state index in [0.717, 1.165) is 31.8 Å². The van der Waals surface area contributed by atoms with Crippen molar-refractivity contribution in [3.63, 3.8) is 0 Å².